The van der Waals surface area contributed by atoms with Crippen molar-refractivity contribution in [2.75, 3.05) is 6.61 Å². The molecule has 0 saturated heterocycles. The number of aromatic nitrogens is 4. The number of halogens is 2. The zero-order chi connectivity index (χ0) is 27.5. The molecule has 1 N–H and O–H groups in total. The number of carboxylic acid groups (broad SMARTS) is 1. The Morgan fingerprint density at radius 3 is 2.51 bits per heavy atom. The smallest absolute Gasteiger partial charge is 0.354 e. The maximum atomic E-state index is 11.7. The fourth-order valence-electron chi connectivity index (χ4n) is 6.43. The minimum Gasteiger partial charge on any atom is -0.477 e. The van der Waals surface area contributed by atoms with Gasteiger partial charge in [-0.1, -0.05) is 40.5 Å². The summed E-state index contributed by atoms with van der Waals surface area (Å²) in [6, 6.07) is -0.0491. The van der Waals surface area contributed by atoms with Crippen molar-refractivity contribution in [1.29, 1.82) is 0 Å². The average molecular weight is 572 g/mol. The van der Waals surface area contributed by atoms with Crippen LogP contribution in [-0.4, -0.2) is 37.6 Å². The minimum absolute atomic E-state index is 0.0491. The third-order valence-electron chi connectivity index (χ3n) is 8.41. The first-order chi connectivity index (χ1) is 18.7. The van der Waals surface area contributed by atoms with Gasteiger partial charge in [-0.3, -0.25) is 9.67 Å². The van der Waals surface area contributed by atoms with Crippen LogP contribution < -0.4 is 4.74 Å². The SMILES string of the molecule is Cc1c(OCC2CC3(CC(/C=C/c4c(-c5c(Cl)cncc5Cl)noc4C4CC4)C3)C2)nn(C(C)C)c1C(=O)O. The second-order valence-corrected chi connectivity index (χ2v) is 12.6. The molecule has 0 aliphatic heterocycles. The van der Waals surface area contributed by atoms with E-state index in [-0.39, 0.29) is 11.7 Å². The minimum atomic E-state index is -0.978. The van der Waals surface area contributed by atoms with E-state index in [1.165, 1.54) is 4.68 Å². The predicted molar refractivity (Wildman–Crippen MR) is 148 cm³/mol. The van der Waals surface area contributed by atoms with Gasteiger partial charge in [-0.05, 0) is 76.5 Å². The molecule has 3 saturated carbocycles. The maximum absolute atomic E-state index is 11.7. The molecule has 0 radical (unpaired) electrons. The van der Waals surface area contributed by atoms with Crippen LogP contribution in [0.4, 0.5) is 0 Å². The standard InChI is InChI=1S/C29H32Cl2N4O4/c1-15(2)35-25(28(36)37)16(3)27(33-35)38-14-18-10-29(11-18)8-17(9-29)4-7-20-24(34-39-26(20)19-5-6-19)23-21(30)12-32-13-22(23)31/h4,7,12-13,15,17-19H,5-6,8-11,14H2,1-3H3,(H,36,37)/b7-4+. The monoisotopic (exact) mass is 570 g/mol. The lowest BCUT2D eigenvalue weighted by atomic mass is 9.48. The van der Waals surface area contributed by atoms with Crippen molar-refractivity contribution in [2.45, 2.75) is 71.3 Å². The topological polar surface area (TPSA) is 103 Å². The molecule has 0 amide bonds. The van der Waals surface area contributed by atoms with Gasteiger partial charge < -0.3 is 14.4 Å². The summed E-state index contributed by atoms with van der Waals surface area (Å²) in [6.45, 7) is 6.17. The third kappa shape index (κ3) is 4.86. The second kappa shape index (κ2) is 9.97. The second-order valence-electron chi connectivity index (χ2n) is 11.8. The van der Waals surface area contributed by atoms with Crippen LogP contribution in [0, 0.1) is 24.2 Å². The van der Waals surface area contributed by atoms with E-state index < -0.39 is 5.97 Å². The van der Waals surface area contributed by atoms with Crippen molar-refractivity contribution in [3.05, 3.63) is 51.1 Å². The first-order valence-electron chi connectivity index (χ1n) is 13.6. The number of carbonyl (C=O) groups is 1. The number of hydrogen-bond donors (Lipinski definition) is 1. The summed E-state index contributed by atoms with van der Waals surface area (Å²) < 4.78 is 13.3. The number of pyridine rings is 1. The fraction of sp³-hybridized carbons (Fsp3) is 0.517. The molecular formula is C29H32Cl2N4O4. The summed E-state index contributed by atoms with van der Waals surface area (Å²) >= 11 is 12.9. The lowest BCUT2D eigenvalue weighted by Crippen LogP contribution is -2.48. The molecule has 3 aromatic heterocycles. The van der Waals surface area contributed by atoms with Gasteiger partial charge in [-0.15, -0.1) is 5.10 Å². The van der Waals surface area contributed by atoms with E-state index >= 15 is 0 Å². The Labute approximate surface area is 237 Å². The first-order valence-corrected chi connectivity index (χ1v) is 14.3. The third-order valence-corrected chi connectivity index (χ3v) is 8.99. The van der Waals surface area contributed by atoms with Crippen molar-refractivity contribution in [3.8, 4) is 17.1 Å². The molecule has 3 heterocycles. The van der Waals surface area contributed by atoms with Crippen LogP contribution in [0.25, 0.3) is 17.3 Å². The van der Waals surface area contributed by atoms with Gasteiger partial charge in [0, 0.05) is 41.0 Å². The van der Waals surface area contributed by atoms with Crippen LogP contribution in [0.3, 0.4) is 0 Å². The summed E-state index contributed by atoms with van der Waals surface area (Å²) in [7, 11) is 0. The Kier molecular flexibility index (Phi) is 6.74. The molecule has 0 unspecified atom stereocenters. The largest absolute Gasteiger partial charge is 0.477 e. The molecular weight excluding hydrogens is 539 g/mol. The highest BCUT2D eigenvalue weighted by Gasteiger charge is 2.52. The van der Waals surface area contributed by atoms with E-state index in [1.54, 1.807) is 19.3 Å². The van der Waals surface area contributed by atoms with E-state index in [0.717, 1.165) is 49.8 Å². The molecule has 8 nitrogen and oxygen atoms in total. The van der Waals surface area contributed by atoms with E-state index in [9.17, 15) is 9.90 Å². The van der Waals surface area contributed by atoms with Crippen LogP contribution in [-0.2, 0) is 0 Å². The van der Waals surface area contributed by atoms with E-state index in [1.807, 2.05) is 13.8 Å². The molecule has 3 aliphatic carbocycles. The van der Waals surface area contributed by atoms with Crippen LogP contribution in [0.2, 0.25) is 10.0 Å². The van der Waals surface area contributed by atoms with Crippen molar-refractivity contribution in [3.63, 3.8) is 0 Å². The molecule has 3 aromatic rings. The Morgan fingerprint density at radius 2 is 1.92 bits per heavy atom. The highest BCUT2D eigenvalue weighted by molar-refractivity contribution is 6.39. The summed E-state index contributed by atoms with van der Waals surface area (Å²) in [4.78, 5) is 15.8. The van der Waals surface area contributed by atoms with Crippen LogP contribution >= 0.6 is 23.2 Å². The lowest BCUT2D eigenvalue weighted by molar-refractivity contribution is -0.0662. The van der Waals surface area contributed by atoms with E-state index in [0.29, 0.717) is 62.5 Å². The Bertz CT molecular complexity index is 1420. The summed E-state index contributed by atoms with van der Waals surface area (Å²) in [5, 5.41) is 19.3. The van der Waals surface area contributed by atoms with Crippen LogP contribution in [0.1, 0.15) is 91.7 Å². The number of allylic oxidation sites excluding steroid dienone is 1. The first kappa shape index (κ1) is 26.4. The Morgan fingerprint density at radius 1 is 1.23 bits per heavy atom. The summed E-state index contributed by atoms with van der Waals surface area (Å²) in [5.41, 5.74) is 3.50. The quantitative estimate of drug-likeness (QED) is 0.282. The van der Waals surface area contributed by atoms with Gasteiger partial charge in [-0.2, -0.15) is 0 Å². The van der Waals surface area contributed by atoms with Gasteiger partial charge in [0.2, 0.25) is 5.88 Å². The van der Waals surface area contributed by atoms with Gasteiger partial charge in [0.05, 0.1) is 16.7 Å². The molecule has 206 valence electrons. The average Bonchev–Trinajstić information content (AvgIpc) is 3.50. The van der Waals surface area contributed by atoms with Gasteiger partial charge in [-0.25, -0.2) is 4.79 Å². The van der Waals surface area contributed by atoms with Crippen molar-refractivity contribution in [2.24, 2.45) is 17.3 Å². The zero-order valence-electron chi connectivity index (χ0n) is 22.3. The number of rotatable bonds is 9. The lowest BCUT2D eigenvalue weighted by Gasteiger charge is -2.57. The molecule has 39 heavy (non-hydrogen) atoms. The van der Waals surface area contributed by atoms with Gasteiger partial charge >= 0.3 is 5.97 Å². The zero-order valence-corrected chi connectivity index (χ0v) is 23.8. The fourth-order valence-corrected chi connectivity index (χ4v) is 6.97. The predicted octanol–water partition coefficient (Wildman–Crippen LogP) is 7.60. The highest BCUT2D eigenvalue weighted by atomic mass is 35.5. The Hall–Kier alpha value is -2.84. The molecule has 6 rings (SSSR count). The number of hydrogen-bond acceptors (Lipinski definition) is 6. The molecule has 0 aromatic carbocycles. The van der Waals surface area contributed by atoms with Gasteiger partial charge in [0.1, 0.15) is 11.5 Å². The Balaban J connectivity index is 1.07. The van der Waals surface area contributed by atoms with Crippen LogP contribution in [0.5, 0.6) is 5.88 Å². The van der Waals surface area contributed by atoms with Crippen molar-refractivity contribution >= 4 is 35.2 Å². The van der Waals surface area contributed by atoms with E-state index in [4.69, 9.17) is 32.5 Å². The molecule has 3 aliphatic rings. The number of carboxylic acids is 1. The molecule has 0 atom stereocenters. The molecule has 1 spiro atoms. The molecule has 3 fully saturated rings. The molecule has 10 heteroatoms. The normalized spacial score (nSPS) is 24.4. The summed E-state index contributed by atoms with van der Waals surface area (Å²) in [5.74, 6) is 1.76. The maximum Gasteiger partial charge on any atom is 0.354 e. The van der Waals surface area contributed by atoms with Crippen LogP contribution in [0.15, 0.2) is 23.0 Å². The number of ether oxygens (including phenoxy) is 1. The van der Waals surface area contributed by atoms with E-state index in [2.05, 4.69) is 27.4 Å². The van der Waals surface area contributed by atoms with Gasteiger partial charge in [0.15, 0.2) is 5.69 Å². The molecule has 0 bridgehead atoms. The van der Waals surface area contributed by atoms with Crippen molar-refractivity contribution in [1.82, 2.24) is 19.9 Å². The van der Waals surface area contributed by atoms with Gasteiger partial charge in [0.25, 0.3) is 0 Å². The van der Waals surface area contributed by atoms with Crippen molar-refractivity contribution < 1.29 is 19.2 Å². The highest BCUT2D eigenvalue weighted by Crippen LogP contribution is 2.61. The summed E-state index contributed by atoms with van der Waals surface area (Å²) in [6.07, 6.45) is 14.4. The number of aromatic carboxylic acids is 1. The number of nitrogens with zero attached hydrogens (tertiary/aromatic N) is 4.